The van der Waals surface area contributed by atoms with Gasteiger partial charge in [-0.1, -0.05) is 17.3 Å². The molecule has 1 N–H and O–H groups in total. The van der Waals surface area contributed by atoms with E-state index < -0.39 is 4.92 Å². The van der Waals surface area contributed by atoms with Crippen molar-refractivity contribution in [3.8, 4) is 5.69 Å². The van der Waals surface area contributed by atoms with Crippen LogP contribution in [0.3, 0.4) is 0 Å². The number of nitro benzene ring substituents is 1. The SMILES string of the molecule is Cc1ccc(NC(=O)c2nnn(-c3cccc([N+](=O)[O-])c3)c2C)cc1C. The van der Waals surface area contributed by atoms with E-state index in [4.69, 9.17) is 0 Å². The van der Waals surface area contributed by atoms with Gasteiger partial charge in [0.15, 0.2) is 5.69 Å². The van der Waals surface area contributed by atoms with Crippen LogP contribution in [0.15, 0.2) is 42.5 Å². The van der Waals surface area contributed by atoms with Gasteiger partial charge >= 0.3 is 0 Å². The number of nitrogens with one attached hydrogen (secondary N) is 1. The number of aromatic nitrogens is 3. The maximum atomic E-state index is 12.5. The maximum Gasteiger partial charge on any atom is 0.278 e. The molecule has 2 aromatic carbocycles. The van der Waals surface area contributed by atoms with Crippen LogP contribution in [0.4, 0.5) is 11.4 Å². The molecule has 0 fully saturated rings. The first-order valence-corrected chi connectivity index (χ1v) is 7.92. The number of anilines is 1. The van der Waals surface area contributed by atoms with Gasteiger partial charge in [-0.3, -0.25) is 14.9 Å². The van der Waals surface area contributed by atoms with Gasteiger partial charge in [-0.15, -0.1) is 5.10 Å². The van der Waals surface area contributed by atoms with Gasteiger partial charge in [-0.05, 0) is 50.1 Å². The lowest BCUT2D eigenvalue weighted by atomic mass is 10.1. The summed E-state index contributed by atoms with van der Waals surface area (Å²) in [6.45, 7) is 5.65. The number of nitrogens with zero attached hydrogens (tertiary/aromatic N) is 4. The van der Waals surface area contributed by atoms with Crippen molar-refractivity contribution >= 4 is 17.3 Å². The molecule has 8 nitrogen and oxygen atoms in total. The number of amides is 1. The van der Waals surface area contributed by atoms with Gasteiger partial charge in [0.1, 0.15) is 0 Å². The van der Waals surface area contributed by atoms with E-state index in [0.717, 1.165) is 11.1 Å². The molecule has 1 aromatic heterocycles. The second-order valence-corrected chi connectivity index (χ2v) is 5.97. The van der Waals surface area contributed by atoms with E-state index in [1.807, 2.05) is 32.0 Å². The largest absolute Gasteiger partial charge is 0.321 e. The van der Waals surface area contributed by atoms with Gasteiger partial charge in [-0.25, -0.2) is 4.68 Å². The minimum Gasteiger partial charge on any atom is -0.321 e. The van der Waals surface area contributed by atoms with E-state index in [0.29, 0.717) is 17.1 Å². The van der Waals surface area contributed by atoms with E-state index in [9.17, 15) is 14.9 Å². The van der Waals surface area contributed by atoms with Crippen molar-refractivity contribution in [3.63, 3.8) is 0 Å². The fourth-order valence-corrected chi connectivity index (χ4v) is 2.53. The van der Waals surface area contributed by atoms with Crippen LogP contribution < -0.4 is 5.32 Å². The second-order valence-electron chi connectivity index (χ2n) is 5.97. The molecule has 0 unspecified atom stereocenters. The quantitative estimate of drug-likeness (QED) is 0.573. The molecule has 0 spiro atoms. The van der Waals surface area contributed by atoms with Crippen LogP contribution >= 0.6 is 0 Å². The van der Waals surface area contributed by atoms with Gasteiger partial charge in [0.25, 0.3) is 11.6 Å². The zero-order valence-corrected chi connectivity index (χ0v) is 14.6. The normalized spacial score (nSPS) is 10.6. The molecule has 3 aromatic rings. The summed E-state index contributed by atoms with van der Waals surface area (Å²) in [6, 6.07) is 11.6. The van der Waals surface area contributed by atoms with Crippen LogP contribution in [-0.2, 0) is 0 Å². The molecule has 0 aliphatic carbocycles. The number of nitro groups is 1. The van der Waals surface area contributed by atoms with Gasteiger partial charge in [0.2, 0.25) is 0 Å². The van der Waals surface area contributed by atoms with Crippen LogP contribution in [0.1, 0.15) is 27.3 Å². The van der Waals surface area contributed by atoms with E-state index >= 15 is 0 Å². The lowest BCUT2D eigenvalue weighted by molar-refractivity contribution is -0.384. The molecule has 0 aliphatic rings. The predicted molar refractivity (Wildman–Crippen MR) is 96.6 cm³/mol. The van der Waals surface area contributed by atoms with Crippen LogP contribution in [0, 0.1) is 30.9 Å². The maximum absolute atomic E-state index is 12.5. The molecule has 0 aliphatic heterocycles. The van der Waals surface area contributed by atoms with Crippen LogP contribution in [-0.4, -0.2) is 25.8 Å². The van der Waals surface area contributed by atoms with Crippen molar-refractivity contribution in [3.05, 3.63) is 75.1 Å². The molecule has 0 atom stereocenters. The summed E-state index contributed by atoms with van der Waals surface area (Å²) in [4.78, 5) is 23.0. The van der Waals surface area contributed by atoms with Crippen molar-refractivity contribution < 1.29 is 9.72 Å². The Kier molecular flexibility index (Phi) is 4.49. The molecule has 0 bridgehead atoms. The van der Waals surface area contributed by atoms with Crippen LogP contribution in [0.5, 0.6) is 0 Å². The number of non-ortho nitro benzene ring substituents is 1. The Morgan fingerprint density at radius 2 is 1.88 bits per heavy atom. The zero-order chi connectivity index (χ0) is 18.8. The lowest BCUT2D eigenvalue weighted by Gasteiger charge is -2.07. The third kappa shape index (κ3) is 3.30. The van der Waals surface area contributed by atoms with Crippen molar-refractivity contribution in [1.82, 2.24) is 15.0 Å². The summed E-state index contributed by atoms with van der Waals surface area (Å²) >= 11 is 0. The first kappa shape index (κ1) is 17.3. The van der Waals surface area contributed by atoms with Crippen molar-refractivity contribution in [2.24, 2.45) is 0 Å². The Hall–Kier alpha value is -3.55. The average Bonchev–Trinajstić information content (AvgIpc) is 3.00. The average molecular weight is 351 g/mol. The highest BCUT2D eigenvalue weighted by molar-refractivity contribution is 6.03. The molecule has 132 valence electrons. The molecule has 0 saturated heterocycles. The summed E-state index contributed by atoms with van der Waals surface area (Å²) in [5, 5.41) is 21.6. The van der Waals surface area contributed by atoms with Crippen LogP contribution in [0.25, 0.3) is 5.69 Å². The lowest BCUT2D eigenvalue weighted by Crippen LogP contribution is -2.14. The summed E-state index contributed by atoms with van der Waals surface area (Å²) in [6.07, 6.45) is 0. The summed E-state index contributed by atoms with van der Waals surface area (Å²) in [5.74, 6) is -0.387. The topological polar surface area (TPSA) is 103 Å². The highest BCUT2D eigenvalue weighted by Gasteiger charge is 2.18. The van der Waals surface area contributed by atoms with Crippen molar-refractivity contribution in [2.45, 2.75) is 20.8 Å². The number of rotatable bonds is 4. The number of hydrogen-bond acceptors (Lipinski definition) is 5. The van der Waals surface area contributed by atoms with E-state index in [1.165, 1.54) is 16.8 Å². The highest BCUT2D eigenvalue weighted by Crippen LogP contribution is 2.19. The van der Waals surface area contributed by atoms with Crippen molar-refractivity contribution in [1.29, 1.82) is 0 Å². The smallest absolute Gasteiger partial charge is 0.278 e. The Balaban J connectivity index is 1.88. The third-order valence-corrected chi connectivity index (χ3v) is 4.16. The third-order valence-electron chi connectivity index (χ3n) is 4.16. The fourth-order valence-electron chi connectivity index (χ4n) is 2.53. The molecular weight excluding hydrogens is 334 g/mol. The fraction of sp³-hybridized carbons (Fsp3) is 0.167. The zero-order valence-electron chi connectivity index (χ0n) is 14.6. The van der Waals surface area contributed by atoms with Gasteiger partial charge in [0, 0.05) is 17.8 Å². The monoisotopic (exact) mass is 351 g/mol. The van der Waals surface area contributed by atoms with E-state index in [2.05, 4.69) is 15.6 Å². The number of hydrogen-bond donors (Lipinski definition) is 1. The first-order valence-electron chi connectivity index (χ1n) is 7.92. The predicted octanol–water partition coefficient (Wildman–Crippen LogP) is 3.35. The first-order chi connectivity index (χ1) is 12.4. The standard InChI is InChI=1S/C18H17N5O3/c1-11-7-8-14(9-12(11)2)19-18(24)17-13(3)22(21-20-17)15-5-4-6-16(10-15)23(25)26/h4-10H,1-3H3,(H,19,24). The molecule has 8 heteroatoms. The minimum absolute atomic E-state index is 0.0569. The van der Waals surface area contributed by atoms with Gasteiger partial charge in [-0.2, -0.15) is 0 Å². The summed E-state index contributed by atoms with van der Waals surface area (Å²) in [5.41, 5.74) is 3.94. The Labute approximate surface area is 149 Å². The molecule has 26 heavy (non-hydrogen) atoms. The number of aryl methyl sites for hydroxylation is 2. The van der Waals surface area contributed by atoms with E-state index in [-0.39, 0.29) is 17.3 Å². The van der Waals surface area contributed by atoms with Crippen LogP contribution in [0.2, 0.25) is 0 Å². The molecular formula is C18H17N5O3. The second kappa shape index (κ2) is 6.75. The number of carbonyl (C=O) groups is 1. The molecule has 0 saturated carbocycles. The van der Waals surface area contributed by atoms with Gasteiger partial charge < -0.3 is 5.32 Å². The number of benzene rings is 2. The highest BCUT2D eigenvalue weighted by atomic mass is 16.6. The molecule has 0 radical (unpaired) electrons. The van der Waals surface area contributed by atoms with Gasteiger partial charge in [0.05, 0.1) is 16.3 Å². The molecule has 3 rings (SSSR count). The summed E-state index contributed by atoms with van der Waals surface area (Å²) in [7, 11) is 0. The molecule has 1 heterocycles. The minimum atomic E-state index is -0.483. The Bertz CT molecular complexity index is 1010. The molecule has 1 amide bonds. The van der Waals surface area contributed by atoms with E-state index in [1.54, 1.807) is 19.1 Å². The summed E-state index contributed by atoms with van der Waals surface area (Å²) < 4.78 is 1.41. The number of carbonyl (C=O) groups excluding carboxylic acids is 1. The Morgan fingerprint density at radius 3 is 2.58 bits per heavy atom. The Morgan fingerprint density at radius 1 is 1.12 bits per heavy atom. The van der Waals surface area contributed by atoms with Crippen molar-refractivity contribution in [2.75, 3.05) is 5.32 Å².